The topological polar surface area (TPSA) is 41.0 Å². The number of nitrogens with one attached hydrogen (secondary N) is 1. The molecule has 126 valence electrons. The maximum Gasteiger partial charge on any atom is 0.134 e. The fourth-order valence-electron chi connectivity index (χ4n) is 4.11. The monoisotopic (exact) mass is 322 g/mol. The fraction of sp³-hybridized carbons (Fsp3) is 0.500. The highest BCUT2D eigenvalue weighted by Crippen LogP contribution is 2.47. The summed E-state index contributed by atoms with van der Waals surface area (Å²) in [4.78, 5) is 11.8. The lowest BCUT2D eigenvalue weighted by molar-refractivity contribution is 0.387. The third kappa shape index (κ3) is 2.64. The second-order valence-corrected chi connectivity index (χ2v) is 7.18. The van der Waals surface area contributed by atoms with E-state index in [4.69, 9.17) is 4.98 Å². The molecule has 0 radical (unpaired) electrons. The molecule has 1 fully saturated rings. The minimum atomic E-state index is 0.422. The summed E-state index contributed by atoms with van der Waals surface area (Å²) in [5.74, 6) is 3.49. The maximum atomic E-state index is 4.76. The van der Waals surface area contributed by atoms with Crippen molar-refractivity contribution in [3.8, 4) is 0 Å². The van der Waals surface area contributed by atoms with Gasteiger partial charge in [-0.15, -0.1) is 0 Å². The Morgan fingerprint density at radius 2 is 2.00 bits per heavy atom. The first kappa shape index (κ1) is 15.4. The summed E-state index contributed by atoms with van der Waals surface area (Å²) < 4.78 is 0. The second kappa shape index (κ2) is 6.08. The zero-order valence-electron chi connectivity index (χ0n) is 14.8. The van der Waals surface area contributed by atoms with Crippen LogP contribution in [0.1, 0.15) is 62.0 Å². The summed E-state index contributed by atoms with van der Waals surface area (Å²) in [5, 5.41) is 3.50. The van der Waals surface area contributed by atoms with Gasteiger partial charge < -0.3 is 10.2 Å². The number of benzene rings is 1. The van der Waals surface area contributed by atoms with Crippen LogP contribution in [0.3, 0.4) is 0 Å². The lowest BCUT2D eigenvalue weighted by Crippen LogP contribution is -2.43. The van der Waals surface area contributed by atoms with Crippen LogP contribution < -0.4 is 10.2 Å². The molecule has 5 rings (SSSR count). The average Bonchev–Trinajstić information content (AvgIpc) is 2.61. The predicted molar refractivity (Wildman–Crippen MR) is 98.6 cm³/mol. The summed E-state index contributed by atoms with van der Waals surface area (Å²) in [5.41, 5.74) is 3.04. The Balaban J connectivity index is 1.68. The van der Waals surface area contributed by atoms with Crippen molar-refractivity contribution in [2.24, 2.45) is 0 Å². The van der Waals surface area contributed by atoms with E-state index in [-0.39, 0.29) is 0 Å². The molecule has 3 heterocycles. The molecule has 1 aromatic carbocycles. The first-order chi connectivity index (χ1) is 11.7. The zero-order chi connectivity index (χ0) is 16.7. The number of nitrogens with zero attached hydrogens (tertiary/aromatic N) is 3. The second-order valence-electron chi connectivity index (χ2n) is 7.18. The van der Waals surface area contributed by atoms with Gasteiger partial charge in [-0.2, -0.15) is 0 Å². The Morgan fingerprint density at radius 1 is 1.21 bits per heavy atom. The minimum absolute atomic E-state index is 0.422. The van der Waals surface area contributed by atoms with E-state index in [2.05, 4.69) is 59.4 Å². The highest BCUT2D eigenvalue weighted by Gasteiger charge is 2.38. The molecule has 2 aliphatic heterocycles. The first-order valence-corrected chi connectivity index (χ1v) is 9.13. The van der Waals surface area contributed by atoms with Crippen molar-refractivity contribution in [2.75, 3.05) is 16.8 Å². The van der Waals surface area contributed by atoms with Gasteiger partial charge in [0, 0.05) is 24.6 Å². The highest BCUT2D eigenvalue weighted by atomic mass is 15.2. The van der Waals surface area contributed by atoms with Gasteiger partial charge in [-0.3, -0.25) is 0 Å². The van der Waals surface area contributed by atoms with Crippen LogP contribution in [0.2, 0.25) is 0 Å². The van der Waals surface area contributed by atoms with E-state index in [1.807, 2.05) is 6.92 Å². The summed E-state index contributed by atoms with van der Waals surface area (Å²) in [6.45, 7) is 7.44. The van der Waals surface area contributed by atoms with Gasteiger partial charge in [0.25, 0.3) is 0 Å². The van der Waals surface area contributed by atoms with Gasteiger partial charge in [0.05, 0.1) is 6.04 Å². The number of piperidine rings is 1. The first-order valence-electron chi connectivity index (χ1n) is 9.13. The number of rotatable bonds is 4. The summed E-state index contributed by atoms with van der Waals surface area (Å²) in [6.07, 6.45) is 3.60. The molecule has 2 aromatic rings. The van der Waals surface area contributed by atoms with Crippen LogP contribution in [0, 0.1) is 6.92 Å². The van der Waals surface area contributed by atoms with Crippen molar-refractivity contribution in [2.45, 2.75) is 58.0 Å². The van der Waals surface area contributed by atoms with Crippen LogP contribution in [-0.2, 0) is 0 Å². The standard InChI is InChI=1S/C20H26N4/c1-4-13(2)21-19-11-20(23-14(3)22-19)24-12-15-9-10-18(24)17-8-6-5-7-16(15)17/h5-8,11,13,15,18H,4,9-10,12H2,1-3H3,(H,21,22,23)/t13-,15+,18-/m0/s1. The fourth-order valence-corrected chi connectivity index (χ4v) is 4.11. The number of hydrogen-bond donors (Lipinski definition) is 1. The number of aryl methyl sites for hydroxylation is 1. The average molecular weight is 322 g/mol. The highest BCUT2D eigenvalue weighted by molar-refractivity contribution is 5.55. The molecule has 4 nitrogen and oxygen atoms in total. The molecule has 0 unspecified atom stereocenters. The normalized spacial score (nSPS) is 23.0. The molecule has 2 bridgehead atoms. The third-order valence-corrected chi connectivity index (χ3v) is 5.50. The van der Waals surface area contributed by atoms with Crippen LogP contribution in [0.15, 0.2) is 30.3 Å². The van der Waals surface area contributed by atoms with Crippen LogP contribution in [0.5, 0.6) is 0 Å². The van der Waals surface area contributed by atoms with E-state index in [1.165, 1.54) is 18.4 Å². The van der Waals surface area contributed by atoms with Crippen molar-refractivity contribution < 1.29 is 0 Å². The van der Waals surface area contributed by atoms with Gasteiger partial charge in [0.2, 0.25) is 0 Å². The molecule has 0 amide bonds. The number of anilines is 2. The van der Waals surface area contributed by atoms with E-state index >= 15 is 0 Å². The van der Waals surface area contributed by atoms with Gasteiger partial charge in [-0.1, -0.05) is 31.2 Å². The largest absolute Gasteiger partial charge is 0.367 e. The van der Waals surface area contributed by atoms with Gasteiger partial charge >= 0.3 is 0 Å². The molecule has 0 saturated carbocycles. The number of fused-ring (bicyclic) bond motifs is 2. The zero-order valence-corrected chi connectivity index (χ0v) is 14.8. The summed E-state index contributed by atoms with van der Waals surface area (Å²) in [7, 11) is 0. The van der Waals surface area contributed by atoms with E-state index in [0.717, 1.165) is 30.4 Å². The number of aromatic nitrogens is 2. The lowest BCUT2D eigenvalue weighted by atomic mass is 9.75. The van der Waals surface area contributed by atoms with Crippen molar-refractivity contribution >= 4 is 11.6 Å². The molecule has 1 N–H and O–H groups in total. The van der Waals surface area contributed by atoms with Crippen molar-refractivity contribution in [1.82, 2.24) is 9.97 Å². The summed E-state index contributed by atoms with van der Waals surface area (Å²) >= 11 is 0. The Morgan fingerprint density at radius 3 is 2.79 bits per heavy atom. The van der Waals surface area contributed by atoms with Gasteiger partial charge in [-0.05, 0) is 44.2 Å². The van der Waals surface area contributed by atoms with Crippen molar-refractivity contribution in [3.63, 3.8) is 0 Å². The van der Waals surface area contributed by atoms with Gasteiger partial charge in [-0.25, -0.2) is 9.97 Å². The molecule has 24 heavy (non-hydrogen) atoms. The number of hydrogen-bond acceptors (Lipinski definition) is 4. The lowest BCUT2D eigenvalue weighted by Gasteiger charge is -2.47. The Labute approximate surface area is 144 Å². The Hall–Kier alpha value is -2.10. The molecule has 1 aliphatic carbocycles. The van der Waals surface area contributed by atoms with Gasteiger partial charge in [0.15, 0.2) is 0 Å². The molecule has 1 aromatic heterocycles. The maximum absolute atomic E-state index is 4.76. The van der Waals surface area contributed by atoms with Crippen LogP contribution in [0.25, 0.3) is 0 Å². The molecule has 0 spiro atoms. The quantitative estimate of drug-likeness (QED) is 0.904. The molecular formula is C20H26N4. The summed E-state index contributed by atoms with van der Waals surface area (Å²) in [6, 6.07) is 12.0. The van der Waals surface area contributed by atoms with E-state index < -0.39 is 0 Å². The Kier molecular flexibility index (Phi) is 3.91. The van der Waals surface area contributed by atoms with Crippen LogP contribution in [0.4, 0.5) is 11.6 Å². The third-order valence-electron chi connectivity index (χ3n) is 5.50. The van der Waals surface area contributed by atoms with Crippen LogP contribution in [-0.4, -0.2) is 22.6 Å². The minimum Gasteiger partial charge on any atom is -0.367 e. The SMILES string of the molecule is CC[C@H](C)Nc1cc(N2C[C@H]3CC[C@H]2c2ccccc23)nc(C)n1. The van der Waals surface area contributed by atoms with Crippen molar-refractivity contribution in [1.29, 1.82) is 0 Å². The molecule has 3 aliphatic rings. The van der Waals surface area contributed by atoms with Crippen molar-refractivity contribution in [3.05, 3.63) is 47.3 Å². The van der Waals surface area contributed by atoms with E-state index in [1.54, 1.807) is 5.56 Å². The van der Waals surface area contributed by atoms with Gasteiger partial charge in [0.1, 0.15) is 17.5 Å². The van der Waals surface area contributed by atoms with Crippen LogP contribution >= 0.6 is 0 Å². The smallest absolute Gasteiger partial charge is 0.134 e. The van der Waals surface area contributed by atoms with E-state index in [9.17, 15) is 0 Å². The molecule has 4 heteroatoms. The Bertz CT molecular complexity index is 742. The molecule has 1 saturated heterocycles. The molecular weight excluding hydrogens is 296 g/mol. The molecule has 3 atom stereocenters. The van der Waals surface area contributed by atoms with E-state index in [0.29, 0.717) is 18.0 Å². The predicted octanol–water partition coefficient (Wildman–Crippen LogP) is 4.43.